The fourth-order valence-electron chi connectivity index (χ4n) is 1.23. The number of H-pyrrole nitrogens is 1. The quantitative estimate of drug-likeness (QED) is 0.703. The smallest absolute Gasteiger partial charge is 0.325 e. The van der Waals surface area contributed by atoms with E-state index in [0.29, 0.717) is 5.92 Å². The molecule has 0 amide bonds. The van der Waals surface area contributed by atoms with Crippen LogP contribution in [0.15, 0.2) is 17.2 Å². The van der Waals surface area contributed by atoms with Crippen molar-refractivity contribution in [3.63, 3.8) is 0 Å². The Balaban J connectivity index is 2.28. The summed E-state index contributed by atoms with van der Waals surface area (Å²) in [6, 6.07) is 0. The van der Waals surface area contributed by atoms with E-state index in [4.69, 9.17) is 5.11 Å². The summed E-state index contributed by atoms with van der Waals surface area (Å²) < 4.78 is 1.64. The molecule has 1 aromatic heterocycles. The summed E-state index contributed by atoms with van der Waals surface area (Å²) in [7, 11) is 0. The first-order chi connectivity index (χ1) is 6.24. The maximum absolute atomic E-state index is 11.0. The minimum atomic E-state index is -0.0587. The van der Waals surface area contributed by atoms with Crippen molar-refractivity contribution in [2.24, 2.45) is 5.92 Å². The number of nitrogens with zero attached hydrogens (tertiary/aromatic N) is 1. The Hall–Kier alpha value is -1.03. The fourth-order valence-corrected chi connectivity index (χ4v) is 1.23. The average Bonchev–Trinajstić information content (AvgIpc) is 2.52. The number of aromatic amines is 1. The molecule has 4 nitrogen and oxygen atoms in total. The minimum Gasteiger partial charge on any atom is -0.396 e. The van der Waals surface area contributed by atoms with Crippen LogP contribution in [0.25, 0.3) is 0 Å². The molecule has 1 atom stereocenters. The summed E-state index contributed by atoms with van der Waals surface area (Å²) in [6.45, 7) is 2.95. The first-order valence-electron chi connectivity index (χ1n) is 4.58. The number of nitrogens with one attached hydrogen (secondary N) is 1. The fraction of sp³-hybridized carbons (Fsp3) is 0.667. The number of aliphatic hydroxyl groups excluding tert-OH is 1. The van der Waals surface area contributed by atoms with Gasteiger partial charge in [-0.2, -0.15) is 0 Å². The molecule has 4 heteroatoms. The van der Waals surface area contributed by atoms with Crippen LogP contribution < -0.4 is 5.69 Å². The first kappa shape index (κ1) is 10.1. The molecule has 1 heterocycles. The zero-order valence-corrected chi connectivity index (χ0v) is 7.86. The van der Waals surface area contributed by atoms with E-state index in [1.807, 2.05) is 6.92 Å². The van der Waals surface area contributed by atoms with Crippen LogP contribution in [-0.4, -0.2) is 21.3 Å². The lowest BCUT2D eigenvalue weighted by Gasteiger charge is -2.06. The van der Waals surface area contributed by atoms with Gasteiger partial charge in [-0.3, -0.25) is 4.57 Å². The van der Waals surface area contributed by atoms with E-state index in [1.54, 1.807) is 17.0 Å². The van der Waals surface area contributed by atoms with Crippen molar-refractivity contribution in [2.45, 2.75) is 26.3 Å². The van der Waals surface area contributed by atoms with Crippen molar-refractivity contribution >= 4 is 0 Å². The number of imidazole rings is 1. The van der Waals surface area contributed by atoms with E-state index < -0.39 is 0 Å². The van der Waals surface area contributed by atoms with Crippen LogP contribution in [-0.2, 0) is 6.54 Å². The second-order valence-corrected chi connectivity index (χ2v) is 3.39. The molecule has 74 valence electrons. The topological polar surface area (TPSA) is 58.0 Å². The second kappa shape index (κ2) is 4.87. The second-order valence-electron chi connectivity index (χ2n) is 3.39. The predicted molar refractivity (Wildman–Crippen MR) is 50.5 cm³/mol. The number of hydrogen-bond acceptors (Lipinski definition) is 2. The molecule has 0 aliphatic carbocycles. The molecule has 0 fully saturated rings. The van der Waals surface area contributed by atoms with E-state index in [1.165, 1.54) is 0 Å². The van der Waals surface area contributed by atoms with Crippen LogP contribution in [0.4, 0.5) is 0 Å². The van der Waals surface area contributed by atoms with E-state index in [0.717, 1.165) is 19.4 Å². The molecule has 0 bridgehead atoms. The van der Waals surface area contributed by atoms with Crippen molar-refractivity contribution in [3.8, 4) is 0 Å². The third-order valence-electron chi connectivity index (χ3n) is 2.13. The molecule has 2 N–H and O–H groups in total. The Labute approximate surface area is 77.2 Å². The lowest BCUT2D eigenvalue weighted by Crippen LogP contribution is -2.16. The Morgan fingerprint density at radius 1 is 1.69 bits per heavy atom. The molecule has 13 heavy (non-hydrogen) atoms. The zero-order valence-electron chi connectivity index (χ0n) is 7.86. The highest BCUT2D eigenvalue weighted by Crippen LogP contribution is 2.04. The molecule has 0 saturated heterocycles. The van der Waals surface area contributed by atoms with Gasteiger partial charge < -0.3 is 10.1 Å². The summed E-state index contributed by atoms with van der Waals surface area (Å²) in [6.07, 6.45) is 5.26. The Morgan fingerprint density at radius 3 is 3.00 bits per heavy atom. The van der Waals surface area contributed by atoms with Gasteiger partial charge in [0.2, 0.25) is 0 Å². The van der Waals surface area contributed by atoms with Crippen LogP contribution in [0.1, 0.15) is 19.8 Å². The van der Waals surface area contributed by atoms with Crippen molar-refractivity contribution in [1.29, 1.82) is 0 Å². The van der Waals surface area contributed by atoms with Crippen LogP contribution >= 0.6 is 0 Å². The van der Waals surface area contributed by atoms with Crippen LogP contribution in [0.2, 0.25) is 0 Å². The van der Waals surface area contributed by atoms with Crippen molar-refractivity contribution in [1.82, 2.24) is 9.55 Å². The predicted octanol–water partition coefficient (Wildman–Crippen LogP) is 0.585. The molecule has 0 radical (unpaired) electrons. The lowest BCUT2D eigenvalue weighted by molar-refractivity contribution is 0.226. The van der Waals surface area contributed by atoms with Crippen LogP contribution in [0, 0.1) is 5.92 Å². The Bertz CT molecular complexity index is 290. The number of aromatic nitrogens is 2. The molecular formula is C9H16N2O2. The first-order valence-corrected chi connectivity index (χ1v) is 4.58. The third kappa shape index (κ3) is 3.06. The molecule has 0 aliphatic heterocycles. The Kier molecular flexibility index (Phi) is 3.76. The van der Waals surface area contributed by atoms with Gasteiger partial charge in [-0.05, 0) is 18.8 Å². The molecule has 1 unspecified atom stereocenters. The standard InChI is InChI=1S/C9H16N2O2/c1-8(7-12)3-2-5-11-6-4-10-9(11)13/h4,6,8,12H,2-3,5,7H2,1H3,(H,10,13). The van der Waals surface area contributed by atoms with Crippen molar-refractivity contribution in [2.75, 3.05) is 6.61 Å². The largest absolute Gasteiger partial charge is 0.396 e. The number of aliphatic hydroxyl groups is 1. The molecular weight excluding hydrogens is 168 g/mol. The van der Waals surface area contributed by atoms with Crippen molar-refractivity contribution < 1.29 is 5.11 Å². The maximum Gasteiger partial charge on any atom is 0.325 e. The van der Waals surface area contributed by atoms with Gasteiger partial charge in [0.1, 0.15) is 0 Å². The van der Waals surface area contributed by atoms with Gasteiger partial charge in [-0.25, -0.2) is 4.79 Å². The summed E-state index contributed by atoms with van der Waals surface area (Å²) in [5.74, 6) is 0.328. The highest BCUT2D eigenvalue weighted by molar-refractivity contribution is 4.75. The minimum absolute atomic E-state index is 0.0587. The number of hydrogen-bond donors (Lipinski definition) is 2. The summed E-state index contributed by atoms with van der Waals surface area (Å²) >= 11 is 0. The number of rotatable bonds is 5. The number of aryl methyl sites for hydroxylation is 1. The zero-order chi connectivity index (χ0) is 9.68. The van der Waals surface area contributed by atoms with Gasteiger partial charge in [0.05, 0.1) is 0 Å². The summed E-state index contributed by atoms with van der Waals surface area (Å²) in [5, 5.41) is 8.77. The summed E-state index contributed by atoms with van der Waals surface area (Å²) in [5.41, 5.74) is -0.0587. The van der Waals surface area contributed by atoms with Gasteiger partial charge >= 0.3 is 5.69 Å². The van der Waals surface area contributed by atoms with E-state index in [-0.39, 0.29) is 12.3 Å². The normalized spacial score (nSPS) is 13.1. The van der Waals surface area contributed by atoms with Crippen LogP contribution in [0.5, 0.6) is 0 Å². The third-order valence-corrected chi connectivity index (χ3v) is 2.13. The molecule has 1 aromatic rings. The molecule has 0 saturated carbocycles. The molecule has 1 rings (SSSR count). The Morgan fingerprint density at radius 2 is 2.46 bits per heavy atom. The van der Waals surface area contributed by atoms with E-state index in [2.05, 4.69) is 4.98 Å². The van der Waals surface area contributed by atoms with Gasteiger partial charge in [0.25, 0.3) is 0 Å². The average molecular weight is 184 g/mol. The monoisotopic (exact) mass is 184 g/mol. The molecule has 0 spiro atoms. The van der Waals surface area contributed by atoms with Crippen molar-refractivity contribution in [3.05, 3.63) is 22.9 Å². The highest BCUT2D eigenvalue weighted by Gasteiger charge is 2.00. The van der Waals surface area contributed by atoms with Gasteiger partial charge in [0, 0.05) is 25.5 Å². The summed E-state index contributed by atoms with van der Waals surface area (Å²) in [4.78, 5) is 13.6. The molecule has 0 aliphatic rings. The van der Waals surface area contributed by atoms with Crippen LogP contribution in [0.3, 0.4) is 0 Å². The van der Waals surface area contributed by atoms with E-state index in [9.17, 15) is 4.79 Å². The van der Waals surface area contributed by atoms with Gasteiger partial charge in [0.15, 0.2) is 0 Å². The van der Waals surface area contributed by atoms with E-state index >= 15 is 0 Å². The highest BCUT2D eigenvalue weighted by atomic mass is 16.3. The lowest BCUT2D eigenvalue weighted by atomic mass is 10.1. The van der Waals surface area contributed by atoms with Gasteiger partial charge in [-0.1, -0.05) is 6.92 Å². The van der Waals surface area contributed by atoms with Gasteiger partial charge in [-0.15, -0.1) is 0 Å². The molecule has 0 aromatic carbocycles. The SMILES string of the molecule is CC(CO)CCCn1cc[nH]c1=O. The maximum atomic E-state index is 11.0.